The average Bonchev–Trinajstić information content (AvgIpc) is 2.67. The molecule has 0 radical (unpaired) electrons. The maximum absolute atomic E-state index is 13.4. The molecule has 2 nitrogen and oxygen atoms in total. The first-order chi connectivity index (χ1) is 13.9. The number of rotatable bonds is 1. The zero-order chi connectivity index (χ0) is 20.3. The van der Waals surface area contributed by atoms with E-state index in [1.165, 1.54) is 27.5 Å². The summed E-state index contributed by atoms with van der Waals surface area (Å²) in [5.74, 6) is 1.89. The van der Waals surface area contributed by atoms with Gasteiger partial charge in [0.2, 0.25) is 0 Å². The molecule has 0 N–H and O–H groups in total. The maximum atomic E-state index is 13.4. The van der Waals surface area contributed by atoms with E-state index in [4.69, 9.17) is 4.74 Å². The molecule has 146 valence electrons. The van der Waals surface area contributed by atoms with Crippen LogP contribution in [0.15, 0.2) is 65.9 Å². The van der Waals surface area contributed by atoms with Crippen LogP contribution in [-0.4, -0.2) is 5.78 Å². The quantitative estimate of drug-likeness (QED) is 0.472. The fraction of sp³-hybridized carbons (Fsp3) is 0.296. The lowest BCUT2D eigenvalue weighted by Crippen LogP contribution is -2.33. The van der Waals surface area contributed by atoms with Crippen molar-refractivity contribution < 1.29 is 9.53 Å². The molecule has 3 aromatic carbocycles. The summed E-state index contributed by atoms with van der Waals surface area (Å²) < 4.78 is 6.43. The Morgan fingerprint density at radius 3 is 2.55 bits per heavy atom. The van der Waals surface area contributed by atoms with Crippen LogP contribution in [0.4, 0.5) is 0 Å². The number of carbonyl (C=O) groups is 1. The van der Waals surface area contributed by atoms with Crippen LogP contribution in [0.2, 0.25) is 0 Å². The second-order valence-corrected chi connectivity index (χ2v) is 9.30. The van der Waals surface area contributed by atoms with Gasteiger partial charge in [0.15, 0.2) is 5.78 Å². The van der Waals surface area contributed by atoms with E-state index in [2.05, 4.69) is 82.3 Å². The molecule has 1 heterocycles. The SMILES string of the molecule is Cc1cccc(C2C3=C(CC(C)(C)CC3=O)Oc3ccc4ccccc4c32)c1C. The second-order valence-electron chi connectivity index (χ2n) is 9.30. The third kappa shape index (κ3) is 2.81. The Bertz CT molecular complexity index is 1200. The molecular weight excluding hydrogens is 356 g/mol. The molecule has 1 atom stereocenters. The number of carbonyl (C=O) groups excluding carboxylic acids is 1. The molecule has 1 aliphatic carbocycles. The zero-order valence-corrected chi connectivity index (χ0v) is 17.5. The van der Waals surface area contributed by atoms with Gasteiger partial charge in [-0.2, -0.15) is 0 Å². The van der Waals surface area contributed by atoms with Crippen LogP contribution in [-0.2, 0) is 4.79 Å². The molecule has 5 rings (SSSR count). The van der Waals surface area contributed by atoms with E-state index in [0.29, 0.717) is 6.42 Å². The standard InChI is InChI=1S/C27H26O2/c1-16-8-7-11-19(17(16)2)25-24-20-10-6-5-9-18(20)12-13-22(24)29-23-15-27(3,4)14-21(28)26(23)25/h5-13,25H,14-15H2,1-4H3. The summed E-state index contributed by atoms with van der Waals surface area (Å²) in [6.07, 6.45) is 1.36. The first kappa shape index (κ1) is 18.2. The Morgan fingerprint density at radius 1 is 0.931 bits per heavy atom. The van der Waals surface area contributed by atoms with Gasteiger partial charge in [-0.15, -0.1) is 0 Å². The van der Waals surface area contributed by atoms with Crippen molar-refractivity contribution in [3.63, 3.8) is 0 Å². The van der Waals surface area contributed by atoms with E-state index in [1.54, 1.807) is 0 Å². The topological polar surface area (TPSA) is 26.3 Å². The van der Waals surface area contributed by atoms with Gasteiger partial charge < -0.3 is 4.74 Å². The summed E-state index contributed by atoms with van der Waals surface area (Å²) >= 11 is 0. The first-order valence-electron chi connectivity index (χ1n) is 10.4. The largest absolute Gasteiger partial charge is 0.461 e. The van der Waals surface area contributed by atoms with E-state index < -0.39 is 0 Å². The molecule has 2 aliphatic rings. The molecule has 0 spiro atoms. The smallest absolute Gasteiger partial charge is 0.163 e. The number of ketones is 1. The van der Waals surface area contributed by atoms with Crippen LogP contribution >= 0.6 is 0 Å². The highest BCUT2D eigenvalue weighted by molar-refractivity contribution is 6.02. The second kappa shape index (κ2) is 6.32. The molecule has 0 bridgehead atoms. The van der Waals surface area contributed by atoms with Gasteiger partial charge in [-0.05, 0) is 52.8 Å². The maximum Gasteiger partial charge on any atom is 0.163 e. The van der Waals surface area contributed by atoms with Gasteiger partial charge in [0.05, 0.1) is 0 Å². The number of hydrogen-bond donors (Lipinski definition) is 0. The molecular formula is C27H26O2. The highest BCUT2D eigenvalue weighted by Gasteiger charge is 2.43. The Morgan fingerprint density at radius 2 is 1.72 bits per heavy atom. The van der Waals surface area contributed by atoms with Crippen LogP contribution in [0.25, 0.3) is 10.8 Å². The van der Waals surface area contributed by atoms with Crippen molar-refractivity contribution in [2.75, 3.05) is 0 Å². The number of benzene rings is 3. The fourth-order valence-electron chi connectivity index (χ4n) is 5.03. The van der Waals surface area contributed by atoms with Gasteiger partial charge in [0, 0.05) is 29.9 Å². The number of allylic oxidation sites excluding steroid dienone is 2. The van der Waals surface area contributed by atoms with Crippen LogP contribution in [0.1, 0.15) is 54.9 Å². The summed E-state index contributed by atoms with van der Waals surface area (Å²) in [4.78, 5) is 13.4. The van der Waals surface area contributed by atoms with E-state index in [9.17, 15) is 4.79 Å². The molecule has 1 unspecified atom stereocenters. The summed E-state index contributed by atoms with van der Waals surface area (Å²) in [6, 6.07) is 19.0. The molecule has 2 heteroatoms. The summed E-state index contributed by atoms with van der Waals surface area (Å²) in [6.45, 7) is 8.62. The zero-order valence-electron chi connectivity index (χ0n) is 17.5. The summed E-state index contributed by atoms with van der Waals surface area (Å²) in [5, 5.41) is 2.35. The molecule has 29 heavy (non-hydrogen) atoms. The number of Topliss-reactive ketones (excluding diaryl/α,β-unsaturated/α-hetero) is 1. The molecule has 0 saturated carbocycles. The molecule has 0 saturated heterocycles. The van der Waals surface area contributed by atoms with E-state index in [-0.39, 0.29) is 17.1 Å². The summed E-state index contributed by atoms with van der Waals surface area (Å²) in [5.41, 5.74) is 5.64. The van der Waals surface area contributed by atoms with Crippen molar-refractivity contribution in [1.29, 1.82) is 0 Å². The van der Waals surface area contributed by atoms with Crippen LogP contribution in [0.5, 0.6) is 5.75 Å². The molecule has 1 aliphatic heterocycles. The molecule has 3 aromatic rings. The molecule has 0 fully saturated rings. The third-order valence-electron chi connectivity index (χ3n) is 6.58. The van der Waals surface area contributed by atoms with Crippen molar-refractivity contribution in [1.82, 2.24) is 0 Å². The van der Waals surface area contributed by atoms with Gasteiger partial charge in [-0.1, -0.05) is 62.4 Å². The van der Waals surface area contributed by atoms with Gasteiger partial charge in [0.1, 0.15) is 11.5 Å². The number of hydrogen-bond acceptors (Lipinski definition) is 2. The Hall–Kier alpha value is -2.87. The molecule has 0 amide bonds. The molecule has 0 aromatic heterocycles. The predicted molar refractivity (Wildman–Crippen MR) is 117 cm³/mol. The minimum absolute atomic E-state index is 0.0729. The van der Waals surface area contributed by atoms with E-state index in [1.807, 2.05) is 0 Å². The third-order valence-corrected chi connectivity index (χ3v) is 6.58. The van der Waals surface area contributed by atoms with Gasteiger partial charge in [0.25, 0.3) is 0 Å². The van der Waals surface area contributed by atoms with Crippen LogP contribution in [0, 0.1) is 19.3 Å². The van der Waals surface area contributed by atoms with E-state index >= 15 is 0 Å². The van der Waals surface area contributed by atoms with Crippen LogP contribution in [0.3, 0.4) is 0 Å². The minimum atomic E-state index is -0.0802. The fourth-order valence-corrected chi connectivity index (χ4v) is 5.03. The van der Waals surface area contributed by atoms with Crippen molar-refractivity contribution in [2.24, 2.45) is 5.41 Å². The number of aryl methyl sites for hydroxylation is 1. The monoisotopic (exact) mass is 382 g/mol. The lowest BCUT2D eigenvalue weighted by molar-refractivity contribution is -0.118. The van der Waals surface area contributed by atoms with Crippen LogP contribution < -0.4 is 4.74 Å². The number of ether oxygens (including phenoxy) is 1. The lowest BCUT2D eigenvalue weighted by Gasteiger charge is -2.39. The van der Waals surface area contributed by atoms with Crippen molar-refractivity contribution >= 4 is 16.6 Å². The Kier molecular flexibility index (Phi) is 3.96. The highest BCUT2D eigenvalue weighted by atomic mass is 16.5. The Balaban J connectivity index is 1.86. The first-order valence-corrected chi connectivity index (χ1v) is 10.4. The van der Waals surface area contributed by atoms with Gasteiger partial charge in [-0.25, -0.2) is 0 Å². The number of fused-ring (bicyclic) bond motifs is 3. The normalized spacial score (nSPS) is 20.3. The lowest BCUT2D eigenvalue weighted by atomic mass is 9.69. The summed E-state index contributed by atoms with van der Waals surface area (Å²) in [7, 11) is 0. The van der Waals surface area contributed by atoms with E-state index in [0.717, 1.165) is 29.1 Å². The Labute approximate surface area is 172 Å². The van der Waals surface area contributed by atoms with Crippen molar-refractivity contribution in [3.8, 4) is 5.75 Å². The van der Waals surface area contributed by atoms with Gasteiger partial charge >= 0.3 is 0 Å². The minimum Gasteiger partial charge on any atom is -0.461 e. The van der Waals surface area contributed by atoms with Crippen molar-refractivity contribution in [2.45, 2.75) is 46.5 Å². The van der Waals surface area contributed by atoms with Gasteiger partial charge in [-0.3, -0.25) is 4.79 Å². The van der Waals surface area contributed by atoms with Crippen molar-refractivity contribution in [3.05, 3.63) is 88.2 Å². The average molecular weight is 383 g/mol. The predicted octanol–water partition coefficient (Wildman–Crippen LogP) is 6.62. The highest BCUT2D eigenvalue weighted by Crippen LogP contribution is 2.52.